The summed E-state index contributed by atoms with van der Waals surface area (Å²) < 4.78 is 5.43. The van der Waals surface area contributed by atoms with Crippen LogP contribution in [0.25, 0.3) is 11.6 Å². The van der Waals surface area contributed by atoms with Crippen molar-refractivity contribution in [2.24, 2.45) is 4.99 Å². The van der Waals surface area contributed by atoms with E-state index in [1.165, 1.54) is 5.56 Å². The Morgan fingerprint density at radius 1 is 1.21 bits per heavy atom. The van der Waals surface area contributed by atoms with Crippen LogP contribution in [0.5, 0.6) is 0 Å². The van der Waals surface area contributed by atoms with Gasteiger partial charge in [0.05, 0.1) is 6.61 Å². The van der Waals surface area contributed by atoms with Crippen LogP contribution in [0.1, 0.15) is 23.6 Å². The highest BCUT2D eigenvalue weighted by molar-refractivity contribution is 6.12. The molecular weight excluding hydrogens is 410 g/mol. The third kappa shape index (κ3) is 7.56. The van der Waals surface area contributed by atoms with Gasteiger partial charge in [0.1, 0.15) is 0 Å². The molecule has 1 aliphatic rings. The first kappa shape index (κ1) is 24.2. The molecule has 1 aromatic heterocycles. The van der Waals surface area contributed by atoms with Crippen LogP contribution in [0.2, 0.25) is 0 Å². The van der Waals surface area contributed by atoms with Gasteiger partial charge in [0.25, 0.3) is 0 Å². The molecule has 3 rings (SSSR count). The summed E-state index contributed by atoms with van der Waals surface area (Å²) in [7, 11) is 3.89. The number of nitrogens with one attached hydrogen (secondary N) is 2. The Morgan fingerprint density at radius 3 is 2.79 bits per heavy atom. The third-order valence-electron chi connectivity index (χ3n) is 5.14. The van der Waals surface area contributed by atoms with E-state index in [4.69, 9.17) is 4.74 Å². The van der Waals surface area contributed by atoms with Crippen molar-refractivity contribution in [3.05, 3.63) is 95.7 Å². The summed E-state index contributed by atoms with van der Waals surface area (Å²) in [4.78, 5) is 10.8. The lowest BCUT2D eigenvalue weighted by Gasteiger charge is -2.16. The SMILES string of the molecule is CCOCCN(C)Cc1ccc(N/C=C/c2cnccc2C(/C=N\C)=C2\C=CC=CN2)cc1. The Kier molecular flexibility index (Phi) is 9.63. The molecule has 0 unspecified atom stereocenters. The quantitative estimate of drug-likeness (QED) is 0.389. The predicted molar refractivity (Wildman–Crippen MR) is 139 cm³/mol. The molecule has 1 aromatic carbocycles. The van der Waals surface area contributed by atoms with Crippen molar-refractivity contribution in [2.75, 3.05) is 39.2 Å². The van der Waals surface area contributed by atoms with E-state index < -0.39 is 0 Å². The fourth-order valence-corrected chi connectivity index (χ4v) is 3.45. The number of likely N-dealkylation sites (N-methyl/N-ethyl adjacent to an activating group) is 1. The fourth-order valence-electron chi connectivity index (χ4n) is 3.45. The maximum Gasteiger partial charge on any atom is 0.0593 e. The average molecular weight is 444 g/mol. The first-order chi connectivity index (χ1) is 16.2. The molecule has 0 amide bonds. The fraction of sp³-hybridized carbons (Fsp3) is 0.259. The lowest BCUT2D eigenvalue weighted by Crippen LogP contribution is -2.22. The molecule has 0 saturated carbocycles. The van der Waals surface area contributed by atoms with Gasteiger partial charge in [-0.2, -0.15) is 0 Å². The van der Waals surface area contributed by atoms with Crippen LogP contribution in [0.4, 0.5) is 5.69 Å². The van der Waals surface area contributed by atoms with Crippen molar-refractivity contribution < 1.29 is 4.74 Å². The Hall–Kier alpha value is -3.48. The minimum Gasteiger partial charge on any atom is -0.380 e. The molecular formula is C27H33N5O. The molecule has 1 aliphatic heterocycles. The number of benzene rings is 1. The second-order valence-electron chi connectivity index (χ2n) is 7.65. The Morgan fingerprint density at radius 2 is 2.06 bits per heavy atom. The Bertz CT molecular complexity index is 1030. The first-order valence-corrected chi connectivity index (χ1v) is 11.2. The zero-order valence-corrected chi connectivity index (χ0v) is 19.7. The van der Waals surface area contributed by atoms with Gasteiger partial charge in [-0.05, 0) is 61.5 Å². The standard InChI is InChI=1S/C27H33N5O/c1-4-33-18-17-32(3)21-22-8-10-24(11-9-22)30-16-12-23-19-29-15-13-25(23)26(20-28-2)27-7-5-6-14-31-27/h5-16,19-20,30-31H,4,17-18,21H2,1-3H3/b16-12+,27-26+,28-20-. The van der Waals surface area contributed by atoms with Gasteiger partial charge in [0.15, 0.2) is 0 Å². The molecule has 0 saturated heterocycles. The number of aliphatic imine (C=N–C) groups is 1. The van der Waals surface area contributed by atoms with Crippen LogP contribution in [-0.4, -0.2) is 50.0 Å². The molecule has 6 heteroatoms. The molecule has 172 valence electrons. The first-order valence-electron chi connectivity index (χ1n) is 11.2. The molecule has 2 heterocycles. The molecule has 2 N–H and O–H groups in total. The number of hydrogen-bond acceptors (Lipinski definition) is 6. The lowest BCUT2D eigenvalue weighted by molar-refractivity contribution is 0.120. The summed E-state index contributed by atoms with van der Waals surface area (Å²) in [5, 5.41) is 6.66. The molecule has 0 fully saturated rings. The van der Waals surface area contributed by atoms with Gasteiger partial charge in [0.2, 0.25) is 0 Å². The molecule has 0 spiro atoms. The summed E-state index contributed by atoms with van der Waals surface area (Å²) >= 11 is 0. The molecule has 0 bridgehead atoms. The van der Waals surface area contributed by atoms with Crippen molar-refractivity contribution in [1.82, 2.24) is 15.2 Å². The van der Waals surface area contributed by atoms with E-state index in [2.05, 4.69) is 56.8 Å². The molecule has 0 aliphatic carbocycles. The highest BCUT2D eigenvalue weighted by Gasteiger charge is 2.09. The van der Waals surface area contributed by atoms with Crippen molar-refractivity contribution >= 4 is 23.6 Å². The lowest BCUT2D eigenvalue weighted by atomic mass is 9.99. The van der Waals surface area contributed by atoms with Crippen molar-refractivity contribution in [3.63, 3.8) is 0 Å². The van der Waals surface area contributed by atoms with Crippen molar-refractivity contribution in [1.29, 1.82) is 0 Å². The van der Waals surface area contributed by atoms with Crippen molar-refractivity contribution in [2.45, 2.75) is 13.5 Å². The van der Waals surface area contributed by atoms with Gasteiger partial charge in [0, 0.05) is 80.3 Å². The maximum absolute atomic E-state index is 5.43. The monoisotopic (exact) mass is 443 g/mol. The van der Waals surface area contributed by atoms with E-state index in [1.54, 1.807) is 13.2 Å². The van der Waals surface area contributed by atoms with E-state index in [1.807, 2.05) is 62.1 Å². The number of nitrogens with zero attached hydrogens (tertiary/aromatic N) is 3. The molecule has 6 nitrogen and oxygen atoms in total. The van der Waals surface area contributed by atoms with Gasteiger partial charge < -0.3 is 15.4 Å². The van der Waals surface area contributed by atoms with E-state index in [-0.39, 0.29) is 0 Å². The zero-order valence-electron chi connectivity index (χ0n) is 19.7. The van der Waals surface area contributed by atoms with Gasteiger partial charge in [-0.25, -0.2) is 0 Å². The van der Waals surface area contributed by atoms with Gasteiger partial charge >= 0.3 is 0 Å². The van der Waals surface area contributed by atoms with Crippen LogP contribution >= 0.6 is 0 Å². The maximum atomic E-state index is 5.43. The van der Waals surface area contributed by atoms with Gasteiger partial charge in [-0.3, -0.25) is 14.9 Å². The van der Waals surface area contributed by atoms with Crippen LogP contribution in [0.15, 0.2) is 84.0 Å². The summed E-state index contributed by atoms with van der Waals surface area (Å²) in [6.45, 7) is 5.37. The normalized spacial score (nSPS) is 14.9. The van der Waals surface area contributed by atoms with Gasteiger partial charge in [-0.15, -0.1) is 0 Å². The highest BCUT2D eigenvalue weighted by atomic mass is 16.5. The summed E-state index contributed by atoms with van der Waals surface area (Å²) in [5.41, 5.74) is 6.38. The minimum atomic E-state index is 0.762. The number of allylic oxidation sites excluding steroid dienone is 4. The summed E-state index contributed by atoms with van der Waals surface area (Å²) in [5.74, 6) is 0. The van der Waals surface area contributed by atoms with Crippen LogP contribution in [-0.2, 0) is 11.3 Å². The Labute approximate surface area is 197 Å². The van der Waals surface area contributed by atoms with Crippen LogP contribution in [0, 0.1) is 0 Å². The topological polar surface area (TPSA) is 61.8 Å². The second-order valence-corrected chi connectivity index (χ2v) is 7.65. The summed E-state index contributed by atoms with van der Waals surface area (Å²) in [6.07, 6.45) is 17.4. The Balaban J connectivity index is 1.66. The molecule has 0 radical (unpaired) electrons. The minimum absolute atomic E-state index is 0.762. The largest absolute Gasteiger partial charge is 0.380 e. The number of dihydropyridines is 1. The molecule has 2 aromatic rings. The highest BCUT2D eigenvalue weighted by Crippen LogP contribution is 2.23. The average Bonchev–Trinajstić information content (AvgIpc) is 2.85. The second kappa shape index (κ2) is 13.2. The van der Waals surface area contributed by atoms with E-state index >= 15 is 0 Å². The van der Waals surface area contributed by atoms with Crippen LogP contribution in [0.3, 0.4) is 0 Å². The zero-order chi connectivity index (χ0) is 23.3. The van der Waals surface area contributed by atoms with E-state index in [0.29, 0.717) is 0 Å². The van der Waals surface area contributed by atoms with Crippen molar-refractivity contribution in [3.8, 4) is 0 Å². The van der Waals surface area contributed by atoms with Gasteiger partial charge in [-0.1, -0.05) is 18.2 Å². The van der Waals surface area contributed by atoms with Crippen LogP contribution < -0.4 is 10.6 Å². The molecule has 33 heavy (non-hydrogen) atoms. The van der Waals surface area contributed by atoms with E-state index in [9.17, 15) is 0 Å². The van der Waals surface area contributed by atoms with E-state index in [0.717, 1.165) is 54.4 Å². The predicted octanol–water partition coefficient (Wildman–Crippen LogP) is 4.72. The number of rotatable bonds is 11. The number of pyridine rings is 1. The third-order valence-corrected chi connectivity index (χ3v) is 5.14. The number of hydrogen-bond donors (Lipinski definition) is 2. The summed E-state index contributed by atoms with van der Waals surface area (Å²) in [6, 6.07) is 10.5. The number of anilines is 1. The smallest absolute Gasteiger partial charge is 0.0593 e. The number of ether oxygens (including phenoxy) is 1. The number of aromatic nitrogens is 1. The molecule has 0 atom stereocenters.